The van der Waals surface area contributed by atoms with Crippen LogP contribution in [0.5, 0.6) is 0 Å². The van der Waals surface area contributed by atoms with Crippen molar-refractivity contribution in [3.63, 3.8) is 0 Å². The molecule has 3 rings (SSSR count). The number of thiophene rings is 1. The van der Waals surface area contributed by atoms with Gasteiger partial charge in [0.2, 0.25) is 5.91 Å². The number of fused-ring (bicyclic) bond motifs is 1. The predicted octanol–water partition coefficient (Wildman–Crippen LogP) is 2.97. The normalized spacial score (nSPS) is 12.5. The Bertz CT molecular complexity index is 900. The molecule has 0 unspecified atom stereocenters. The number of para-hydroxylation sites is 1. The summed E-state index contributed by atoms with van der Waals surface area (Å²) in [7, 11) is 0. The number of nitrogens with zero attached hydrogens (tertiary/aromatic N) is 2. The first-order valence-electron chi connectivity index (χ1n) is 7.83. The first-order valence-corrected chi connectivity index (χ1v) is 8.71. The molecule has 0 saturated carbocycles. The molecule has 1 amide bonds. The van der Waals surface area contributed by atoms with E-state index in [2.05, 4.69) is 24.1 Å². The van der Waals surface area contributed by atoms with Gasteiger partial charge < -0.3 is 5.32 Å². The van der Waals surface area contributed by atoms with E-state index in [-0.39, 0.29) is 30.0 Å². The summed E-state index contributed by atoms with van der Waals surface area (Å²) in [6.07, 6.45) is 1.43. The molecule has 3 aromatic rings. The van der Waals surface area contributed by atoms with Crippen LogP contribution >= 0.6 is 11.3 Å². The summed E-state index contributed by atoms with van der Waals surface area (Å²) >= 11 is 1.62. The van der Waals surface area contributed by atoms with Crippen molar-refractivity contribution in [2.75, 3.05) is 0 Å². The monoisotopic (exact) mass is 341 g/mol. The van der Waals surface area contributed by atoms with Crippen molar-refractivity contribution in [3.8, 4) is 0 Å². The number of carbonyl (C=O) groups excluding carboxylic acids is 1. The Morgan fingerprint density at radius 1 is 1.25 bits per heavy atom. The van der Waals surface area contributed by atoms with Gasteiger partial charge in [0.05, 0.1) is 23.3 Å². The highest BCUT2D eigenvalue weighted by atomic mass is 32.1. The van der Waals surface area contributed by atoms with Crippen molar-refractivity contribution >= 4 is 28.1 Å². The van der Waals surface area contributed by atoms with E-state index < -0.39 is 0 Å². The molecule has 0 fully saturated rings. The van der Waals surface area contributed by atoms with Gasteiger partial charge in [0.25, 0.3) is 5.56 Å². The van der Waals surface area contributed by atoms with Gasteiger partial charge in [-0.3, -0.25) is 14.2 Å². The number of nitrogens with one attached hydrogen (secondary N) is 1. The first-order chi connectivity index (χ1) is 11.6. The zero-order valence-electron chi connectivity index (χ0n) is 13.6. The minimum Gasteiger partial charge on any atom is -0.347 e. The SMILES string of the molecule is CC(C)[C@H](NC(=O)Cn1cnc2ccccc2c1=O)c1cccs1. The van der Waals surface area contributed by atoms with Gasteiger partial charge in [-0.25, -0.2) is 4.98 Å². The van der Waals surface area contributed by atoms with Crippen molar-refractivity contribution in [1.82, 2.24) is 14.9 Å². The second kappa shape index (κ2) is 6.97. The molecule has 1 N–H and O–H groups in total. The summed E-state index contributed by atoms with van der Waals surface area (Å²) in [5, 5.41) is 5.54. The van der Waals surface area contributed by atoms with E-state index in [9.17, 15) is 9.59 Å². The van der Waals surface area contributed by atoms with Crippen LogP contribution in [-0.4, -0.2) is 15.5 Å². The maximum absolute atomic E-state index is 12.5. The van der Waals surface area contributed by atoms with Crippen LogP contribution in [0, 0.1) is 5.92 Å². The number of carbonyl (C=O) groups is 1. The third-order valence-electron chi connectivity index (χ3n) is 3.88. The molecular formula is C18H19N3O2S. The number of benzene rings is 1. The van der Waals surface area contributed by atoms with E-state index >= 15 is 0 Å². The van der Waals surface area contributed by atoms with Crippen LogP contribution in [0.1, 0.15) is 24.8 Å². The molecule has 1 atom stereocenters. The van der Waals surface area contributed by atoms with Crippen LogP contribution in [0.25, 0.3) is 10.9 Å². The molecule has 0 spiro atoms. The zero-order chi connectivity index (χ0) is 17.1. The van der Waals surface area contributed by atoms with Crippen molar-refractivity contribution in [3.05, 3.63) is 63.3 Å². The van der Waals surface area contributed by atoms with E-state index in [0.717, 1.165) is 4.88 Å². The second-order valence-electron chi connectivity index (χ2n) is 6.00. The maximum atomic E-state index is 12.5. The van der Waals surface area contributed by atoms with Gasteiger partial charge in [0.1, 0.15) is 6.54 Å². The predicted molar refractivity (Wildman–Crippen MR) is 96.0 cm³/mol. The van der Waals surface area contributed by atoms with Crippen LogP contribution in [0.15, 0.2) is 52.9 Å². The Hall–Kier alpha value is -2.47. The summed E-state index contributed by atoms with van der Waals surface area (Å²) in [5.41, 5.74) is 0.436. The summed E-state index contributed by atoms with van der Waals surface area (Å²) in [6.45, 7) is 4.09. The standard InChI is InChI=1S/C18H19N3O2S/c1-12(2)17(15-8-5-9-24-15)20-16(22)10-21-11-19-14-7-4-3-6-13(14)18(21)23/h3-9,11-12,17H,10H2,1-2H3,(H,20,22)/t17-/m0/s1. The Labute approximate surface area is 144 Å². The number of hydrogen-bond acceptors (Lipinski definition) is 4. The zero-order valence-corrected chi connectivity index (χ0v) is 14.4. The molecule has 0 bridgehead atoms. The fourth-order valence-electron chi connectivity index (χ4n) is 2.63. The van der Waals surface area contributed by atoms with Crippen molar-refractivity contribution in [2.24, 2.45) is 5.92 Å². The fourth-order valence-corrected chi connectivity index (χ4v) is 3.58. The quantitative estimate of drug-likeness (QED) is 0.776. The summed E-state index contributed by atoms with van der Waals surface area (Å²) in [5.74, 6) is 0.0698. The third-order valence-corrected chi connectivity index (χ3v) is 4.83. The van der Waals surface area contributed by atoms with Crippen LogP contribution < -0.4 is 10.9 Å². The molecule has 0 saturated heterocycles. The lowest BCUT2D eigenvalue weighted by molar-refractivity contribution is -0.122. The molecule has 6 heteroatoms. The number of rotatable bonds is 5. The van der Waals surface area contributed by atoms with Crippen LogP contribution in [0.4, 0.5) is 0 Å². The summed E-state index contributed by atoms with van der Waals surface area (Å²) in [4.78, 5) is 30.2. The molecule has 5 nitrogen and oxygen atoms in total. The molecule has 0 aliphatic rings. The van der Waals surface area contributed by atoms with Crippen LogP contribution in [0.2, 0.25) is 0 Å². The van der Waals surface area contributed by atoms with Gasteiger partial charge in [0, 0.05) is 4.88 Å². The number of aromatic nitrogens is 2. The van der Waals surface area contributed by atoms with Gasteiger partial charge in [-0.15, -0.1) is 11.3 Å². The van der Waals surface area contributed by atoms with Gasteiger partial charge in [-0.05, 0) is 29.5 Å². The summed E-state index contributed by atoms with van der Waals surface area (Å²) in [6, 6.07) is 11.1. The smallest absolute Gasteiger partial charge is 0.261 e. The average molecular weight is 341 g/mol. The minimum absolute atomic E-state index is 0.0364. The highest BCUT2D eigenvalue weighted by molar-refractivity contribution is 7.10. The van der Waals surface area contributed by atoms with Gasteiger partial charge in [-0.1, -0.05) is 32.0 Å². The van der Waals surface area contributed by atoms with E-state index in [1.807, 2.05) is 23.6 Å². The van der Waals surface area contributed by atoms with Gasteiger partial charge in [0.15, 0.2) is 0 Å². The molecule has 0 aliphatic carbocycles. The molecule has 124 valence electrons. The molecule has 1 aromatic carbocycles. The van der Waals surface area contributed by atoms with E-state index in [4.69, 9.17) is 0 Å². The van der Waals surface area contributed by atoms with Crippen LogP contribution in [-0.2, 0) is 11.3 Å². The lowest BCUT2D eigenvalue weighted by Gasteiger charge is -2.21. The maximum Gasteiger partial charge on any atom is 0.261 e. The molecule has 0 aliphatic heterocycles. The fraction of sp³-hybridized carbons (Fsp3) is 0.278. The Morgan fingerprint density at radius 2 is 2.04 bits per heavy atom. The first kappa shape index (κ1) is 16.4. The molecule has 2 aromatic heterocycles. The van der Waals surface area contributed by atoms with Gasteiger partial charge >= 0.3 is 0 Å². The molecule has 2 heterocycles. The lowest BCUT2D eigenvalue weighted by Crippen LogP contribution is -2.36. The van der Waals surface area contributed by atoms with Crippen molar-refractivity contribution in [1.29, 1.82) is 0 Å². The van der Waals surface area contributed by atoms with E-state index in [1.54, 1.807) is 29.5 Å². The number of amides is 1. The lowest BCUT2D eigenvalue weighted by atomic mass is 10.0. The summed E-state index contributed by atoms with van der Waals surface area (Å²) < 4.78 is 1.35. The molecule has 24 heavy (non-hydrogen) atoms. The highest BCUT2D eigenvalue weighted by Crippen LogP contribution is 2.25. The molecule has 0 radical (unpaired) electrons. The second-order valence-corrected chi connectivity index (χ2v) is 6.98. The molecular weight excluding hydrogens is 322 g/mol. The van der Waals surface area contributed by atoms with Gasteiger partial charge in [-0.2, -0.15) is 0 Å². The third kappa shape index (κ3) is 3.38. The Morgan fingerprint density at radius 3 is 2.75 bits per heavy atom. The van der Waals surface area contributed by atoms with Crippen LogP contribution in [0.3, 0.4) is 0 Å². The van der Waals surface area contributed by atoms with E-state index in [0.29, 0.717) is 10.9 Å². The minimum atomic E-state index is -0.201. The van der Waals surface area contributed by atoms with Crippen molar-refractivity contribution in [2.45, 2.75) is 26.4 Å². The number of hydrogen-bond donors (Lipinski definition) is 1. The largest absolute Gasteiger partial charge is 0.347 e. The van der Waals surface area contributed by atoms with Crippen molar-refractivity contribution < 1.29 is 4.79 Å². The topological polar surface area (TPSA) is 64.0 Å². The average Bonchev–Trinajstić information content (AvgIpc) is 3.09. The highest BCUT2D eigenvalue weighted by Gasteiger charge is 2.19. The van der Waals surface area contributed by atoms with E-state index in [1.165, 1.54) is 10.9 Å². The Balaban J connectivity index is 1.80. The Kier molecular flexibility index (Phi) is 4.76.